The summed E-state index contributed by atoms with van der Waals surface area (Å²) in [5, 5.41) is 0. The van der Waals surface area contributed by atoms with Crippen LogP contribution >= 0.6 is 0 Å². The van der Waals surface area contributed by atoms with Crippen molar-refractivity contribution in [3.05, 3.63) is 0 Å². The van der Waals surface area contributed by atoms with Crippen LogP contribution in [0.5, 0.6) is 0 Å². The van der Waals surface area contributed by atoms with Crippen LogP contribution in [0.4, 0.5) is 0 Å². The molecule has 0 aromatic rings. The van der Waals surface area contributed by atoms with E-state index in [4.69, 9.17) is 5.73 Å². The Hall–Kier alpha value is -0.120. The number of likely N-dealkylation sites (N-methyl/N-ethyl adjacent to an activating group) is 1. The van der Waals surface area contributed by atoms with Gasteiger partial charge in [-0.3, -0.25) is 4.90 Å². The molecule has 1 aliphatic carbocycles. The first kappa shape index (κ1) is 14.3. The van der Waals surface area contributed by atoms with Crippen molar-refractivity contribution in [1.82, 2.24) is 9.80 Å². The molecule has 106 valence electrons. The van der Waals surface area contributed by atoms with Gasteiger partial charge in [-0.05, 0) is 51.6 Å². The smallest absolute Gasteiger partial charge is 0.0250 e. The maximum absolute atomic E-state index is 6.39. The minimum atomic E-state index is 0.404. The van der Waals surface area contributed by atoms with Crippen molar-refractivity contribution in [2.75, 3.05) is 27.2 Å². The molecule has 2 rings (SSSR count). The van der Waals surface area contributed by atoms with Crippen LogP contribution in [0.25, 0.3) is 0 Å². The van der Waals surface area contributed by atoms with E-state index in [2.05, 4.69) is 37.7 Å². The predicted molar refractivity (Wildman–Crippen MR) is 77.6 cm³/mol. The third-order valence-electron chi connectivity index (χ3n) is 5.25. The van der Waals surface area contributed by atoms with E-state index in [1.54, 1.807) is 0 Å². The molecule has 1 saturated heterocycles. The van der Waals surface area contributed by atoms with Gasteiger partial charge in [0.25, 0.3) is 0 Å². The Kier molecular flexibility index (Phi) is 4.68. The highest BCUT2D eigenvalue weighted by molar-refractivity contribution is 4.94. The number of nitrogens with zero attached hydrogens (tertiary/aromatic N) is 2. The van der Waals surface area contributed by atoms with Crippen LogP contribution in [-0.2, 0) is 0 Å². The first-order valence-electron chi connectivity index (χ1n) is 7.65. The fourth-order valence-corrected chi connectivity index (χ4v) is 3.72. The topological polar surface area (TPSA) is 32.5 Å². The highest BCUT2D eigenvalue weighted by atomic mass is 15.3. The molecule has 0 aromatic carbocycles. The van der Waals surface area contributed by atoms with E-state index >= 15 is 0 Å². The Bertz CT molecular complexity index is 264. The van der Waals surface area contributed by atoms with Gasteiger partial charge in [-0.25, -0.2) is 0 Å². The molecule has 1 aliphatic heterocycles. The monoisotopic (exact) mass is 253 g/mol. The van der Waals surface area contributed by atoms with Crippen molar-refractivity contribution in [3.63, 3.8) is 0 Å². The molecular weight excluding hydrogens is 222 g/mol. The Morgan fingerprint density at radius 3 is 2.44 bits per heavy atom. The van der Waals surface area contributed by atoms with Crippen molar-refractivity contribution in [1.29, 1.82) is 0 Å². The minimum absolute atomic E-state index is 0.404. The summed E-state index contributed by atoms with van der Waals surface area (Å²) < 4.78 is 0. The van der Waals surface area contributed by atoms with E-state index in [9.17, 15) is 0 Å². The zero-order valence-corrected chi connectivity index (χ0v) is 12.6. The van der Waals surface area contributed by atoms with Gasteiger partial charge in [-0.15, -0.1) is 0 Å². The van der Waals surface area contributed by atoms with Crippen molar-refractivity contribution in [3.8, 4) is 0 Å². The van der Waals surface area contributed by atoms with E-state index in [0.29, 0.717) is 12.1 Å². The van der Waals surface area contributed by atoms with Crippen LogP contribution < -0.4 is 5.73 Å². The minimum Gasteiger partial charge on any atom is -0.326 e. The zero-order chi connectivity index (χ0) is 13.3. The molecular formula is C15H31N3. The fraction of sp³-hybridized carbons (Fsp3) is 1.00. The lowest BCUT2D eigenvalue weighted by Gasteiger charge is -2.41. The zero-order valence-electron chi connectivity index (χ0n) is 12.6. The van der Waals surface area contributed by atoms with Crippen molar-refractivity contribution in [2.24, 2.45) is 17.6 Å². The summed E-state index contributed by atoms with van der Waals surface area (Å²) in [6.45, 7) is 7.19. The molecule has 18 heavy (non-hydrogen) atoms. The van der Waals surface area contributed by atoms with Gasteiger partial charge in [0.1, 0.15) is 0 Å². The van der Waals surface area contributed by atoms with Crippen molar-refractivity contribution in [2.45, 2.75) is 57.7 Å². The van der Waals surface area contributed by atoms with E-state index in [-0.39, 0.29) is 0 Å². The average Bonchev–Trinajstić information content (AvgIpc) is 2.78. The number of hydrogen-bond donors (Lipinski definition) is 1. The molecule has 2 aliphatic rings. The lowest BCUT2D eigenvalue weighted by atomic mass is 9.76. The number of hydrogen-bond acceptors (Lipinski definition) is 3. The van der Waals surface area contributed by atoms with E-state index < -0.39 is 0 Å². The molecule has 0 spiro atoms. The van der Waals surface area contributed by atoms with E-state index in [1.165, 1.54) is 38.8 Å². The molecule has 3 heteroatoms. The van der Waals surface area contributed by atoms with Gasteiger partial charge in [0.05, 0.1) is 0 Å². The van der Waals surface area contributed by atoms with Gasteiger partial charge < -0.3 is 10.6 Å². The molecule has 1 saturated carbocycles. The third kappa shape index (κ3) is 3.06. The van der Waals surface area contributed by atoms with Gasteiger partial charge in [-0.2, -0.15) is 0 Å². The lowest BCUT2D eigenvalue weighted by molar-refractivity contribution is 0.110. The van der Waals surface area contributed by atoms with Crippen LogP contribution in [-0.4, -0.2) is 55.1 Å². The fourth-order valence-electron chi connectivity index (χ4n) is 3.72. The second kappa shape index (κ2) is 5.89. The Balaban J connectivity index is 1.94. The molecule has 0 amide bonds. The normalized spacial score (nSPS) is 38.8. The number of rotatable bonds is 3. The first-order chi connectivity index (χ1) is 8.49. The SMILES string of the molecule is CC(C)C1CCC(N)C(N2CCC(N(C)C)C2)C1. The Labute approximate surface area is 113 Å². The van der Waals surface area contributed by atoms with Crippen LogP contribution in [0.2, 0.25) is 0 Å². The van der Waals surface area contributed by atoms with Gasteiger partial charge in [-0.1, -0.05) is 13.8 Å². The van der Waals surface area contributed by atoms with Crippen LogP contribution in [0.1, 0.15) is 39.5 Å². The Morgan fingerprint density at radius 2 is 1.89 bits per heavy atom. The van der Waals surface area contributed by atoms with Crippen LogP contribution in [0.3, 0.4) is 0 Å². The molecule has 1 heterocycles. The second-order valence-electron chi connectivity index (χ2n) is 6.95. The lowest BCUT2D eigenvalue weighted by Crippen LogP contribution is -2.51. The molecule has 3 nitrogen and oxygen atoms in total. The van der Waals surface area contributed by atoms with Crippen molar-refractivity contribution < 1.29 is 0 Å². The summed E-state index contributed by atoms with van der Waals surface area (Å²) in [5.41, 5.74) is 6.39. The number of likely N-dealkylation sites (tertiary alicyclic amines) is 1. The van der Waals surface area contributed by atoms with Crippen molar-refractivity contribution >= 4 is 0 Å². The summed E-state index contributed by atoms with van der Waals surface area (Å²) in [6.07, 6.45) is 5.18. The molecule has 0 radical (unpaired) electrons. The van der Waals surface area contributed by atoms with Gasteiger partial charge >= 0.3 is 0 Å². The van der Waals surface area contributed by atoms with Gasteiger partial charge in [0, 0.05) is 31.2 Å². The maximum Gasteiger partial charge on any atom is 0.0250 e. The van der Waals surface area contributed by atoms with Gasteiger partial charge in [0.2, 0.25) is 0 Å². The van der Waals surface area contributed by atoms with Gasteiger partial charge in [0.15, 0.2) is 0 Å². The van der Waals surface area contributed by atoms with E-state index in [1.807, 2.05) is 0 Å². The highest BCUT2D eigenvalue weighted by Gasteiger charge is 2.37. The quantitative estimate of drug-likeness (QED) is 0.832. The molecule has 4 atom stereocenters. The summed E-state index contributed by atoms with van der Waals surface area (Å²) in [6, 6.07) is 1.77. The number of nitrogens with two attached hydrogens (primary N) is 1. The van der Waals surface area contributed by atoms with Crippen LogP contribution in [0.15, 0.2) is 0 Å². The molecule has 2 fully saturated rings. The van der Waals surface area contributed by atoms with E-state index in [0.717, 1.165) is 17.9 Å². The summed E-state index contributed by atoms with van der Waals surface area (Å²) >= 11 is 0. The summed E-state index contributed by atoms with van der Waals surface area (Å²) in [7, 11) is 4.40. The average molecular weight is 253 g/mol. The second-order valence-corrected chi connectivity index (χ2v) is 6.95. The first-order valence-corrected chi connectivity index (χ1v) is 7.65. The molecule has 0 bridgehead atoms. The van der Waals surface area contributed by atoms with Crippen LogP contribution in [0, 0.1) is 11.8 Å². The Morgan fingerprint density at radius 1 is 1.17 bits per heavy atom. The summed E-state index contributed by atoms with van der Waals surface area (Å²) in [5.74, 6) is 1.69. The summed E-state index contributed by atoms with van der Waals surface area (Å²) in [4.78, 5) is 5.04. The highest BCUT2D eigenvalue weighted by Crippen LogP contribution is 2.33. The maximum atomic E-state index is 6.39. The standard InChI is InChI=1S/C15H31N3/c1-11(2)12-5-6-14(16)15(9-12)18-8-7-13(10-18)17(3)4/h11-15H,5-10,16H2,1-4H3. The third-order valence-corrected chi connectivity index (χ3v) is 5.25. The largest absolute Gasteiger partial charge is 0.326 e. The molecule has 4 unspecified atom stereocenters. The predicted octanol–water partition coefficient (Wildman–Crippen LogP) is 1.77. The molecule has 2 N–H and O–H groups in total. The molecule has 0 aromatic heterocycles.